The van der Waals surface area contributed by atoms with E-state index < -0.39 is 6.04 Å². The number of likely N-dealkylation sites (tertiary alicyclic amines) is 1. The summed E-state index contributed by atoms with van der Waals surface area (Å²) in [6, 6.07) is -0.576. The van der Waals surface area contributed by atoms with Crippen LogP contribution < -0.4 is 10.6 Å². The normalized spacial score (nSPS) is 20.0. The number of nitrogens with one attached hydrogen (secondary N) is 2. The number of rotatable bonds is 9. The van der Waals surface area contributed by atoms with Crippen LogP contribution in [0.5, 0.6) is 0 Å². The molecule has 7 heteroatoms. The SMILES string of the molecule is CCC(C)N1C(=O)CC(NCCC(=O)NCCOC)C1=O. The highest BCUT2D eigenvalue weighted by Crippen LogP contribution is 2.17. The minimum absolute atomic E-state index is 0.0749. The van der Waals surface area contributed by atoms with Gasteiger partial charge in [0.25, 0.3) is 0 Å². The predicted molar refractivity (Wildman–Crippen MR) is 77.5 cm³/mol. The molecule has 2 N–H and O–H groups in total. The first-order valence-electron chi connectivity index (χ1n) is 7.36. The van der Waals surface area contributed by atoms with Crippen molar-refractivity contribution >= 4 is 17.7 Å². The molecule has 0 radical (unpaired) electrons. The molecule has 1 fully saturated rings. The molecule has 0 aliphatic carbocycles. The van der Waals surface area contributed by atoms with Crippen LogP contribution in [0.2, 0.25) is 0 Å². The molecule has 0 saturated carbocycles. The van der Waals surface area contributed by atoms with Crippen molar-refractivity contribution in [3.8, 4) is 0 Å². The van der Waals surface area contributed by atoms with Gasteiger partial charge in [0.2, 0.25) is 17.7 Å². The van der Waals surface area contributed by atoms with Crippen LogP contribution in [0.4, 0.5) is 0 Å². The molecule has 1 aliphatic heterocycles. The molecule has 0 spiro atoms. The fraction of sp³-hybridized carbons (Fsp3) is 0.786. The Labute approximate surface area is 125 Å². The van der Waals surface area contributed by atoms with E-state index in [0.29, 0.717) is 19.7 Å². The molecule has 0 aromatic rings. The largest absolute Gasteiger partial charge is 0.383 e. The monoisotopic (exact) mass is 299 g/mol. The molecule has 7 nitrogen and oxygen atoms in total. The first-order valence-corrected chi connectivity index (χ1v) is 7.36. The summed E-state index contributed by atoms with van der Waals surface area (Å²) >= 11 is 0. The Hall–Kier alpha value is -1.47. The van der Waals surface area contributed by atoms with Crippen molar-refractivity contribution in [3.63, 3.8) is 0 Å². The number of hydrogen-bond acceptors (Lipinski definition) is 5. The zero-order valence-electron chi connectivity index (χ0n) is 13.0. The minimum atomic E-state index is -0.502. The van der Waals surface area contributed by atoms with Crippen LogP contribution in [0, 0.1) is 0 Å². The van der Waals surface area contributed by atoms with Gasteiger partial charge in [0, 0.05) is 32.7 Å². The van der Waals surface area contributed by atoms with Crippen molar-refractivity contribution in [3.05, 3.63) is 0 Å². The highest BCUT2D eigenvalue weighted by molar-refractivity contribution is 6.05. The molecule has 0 aromatic heterocycles. The number of amides is 3. The number of carbonyl (C=O) groups excluding carboxylic acids is 3. The molecule has 21 heavy (non-hydrogen) atoms. The lowest BCUT2D eigenvalue weighted by Crippen LogP contribution is -2.43. The summed E-state index contributed by atoms with van der Waals surface area (Å²) in [5, 5.41) is 5.69. The molecule has 2 atom stereocenters. The maximum absolute atomic E-state index is 12.1. The third-order valence-electron chi connectivity index (χ3n) is 3.59. The molecule has 1 saturated heterocycles. The van der Waals surface area contributed by atoms with Crippen LogP contribution in [-0.2, 0) is 19.1 Å². The van der Waals surface area contributed by atoms with E-state index in [4.69, 9.17) is 4.74 Å². The molecule has 1 heterocycles. The number of ether oxygens (including phenoxy) is 1. The quantitative estimate of drug-likeness (QED) is 0.449. The van der Waals surface area contributed by atoms with Crippen LogP contribution >= 0.6 is 0 Å². The van der Waals surface area contributed by atoms with E-state index in [1.54, 1.807) is 7.11 Å². The standard InChI is InChI=1S/C14H25N3O4/c1-4-10(2)17-13(19)9-11(14(17)20)15-6-5-12(18)16-7-8-21-3/h10-11,15H,4-9H2,1-3H3,(H,16,18). The zero-order valence-corrected chi connectivity index (χ0v) is 13.0. The second-order valence-electron chi connectivity index (χ2n) is 5.16. The molecule has 0 bridgehead atoms. The topological polar surface area (TPSA) is 87.7 Å². The van der Waals surface area contributed by atoms with Crippen molar-refractivity contribution in [2.45, 2.75) is 45.2 Å². The highest BCUT2D eigenvalue weighted by Gasteiger charge is 2.40. The number of methoxy groups -OCH3 is 1. The van der Waals surface area contributed by atoms with E-state index in [1.165, 1.54) is 4.90 Å². The van der Waals surface area contributed by atoms with Crippen LogP contribution in [0.25, 0.3) is 0 Å². The molecule has 1 rings (SSSR count). The molecule has 2 unspecified atom stereocenters. The molecule has 1 aliphatic rings. The third kappa shape index (κ3) is 5.09. The van der Waals surface area contributed by atoms with Gasteiger partial charge in [-0.15, -0.1) is 0 Å². The van der Waals surface area contributed by atoms with Crippen molar-refractivity contribution in [1.82, 2.24) is 15.5 Å². The van der Waals surface area contributed by atoms with Gasteiger partial charge in [-0.1, -0.05) is 6.92 Å². The zero-order chi connectivity index (χ0) is 15.8. The average molecular weight is 299 g/mol. The Kier molecular flexibility index (Phi) is 7.31. The van der Waals surface area contributed by atoms with Crippen molar-refractivity contribution in [2.75, 3.05) is 26.8 Å². The van der Waals surface area contributed by atoms with Crippen molar-refractivity contribution < 1.29 is 19.1 Å². The maximum Gasteiger partial charge on any atom is 0.247 e. The third-order valence-corrected chi connectivity index (χ3v) is 3.59. The Bertz CT molecular complexity index is 386. The summed E-state index contributed by atoms with van der Waals surface area (Å²) < 4.78 is 4.83. The van der Waals surface area contributed by atoms with E-state index in [-0.39, 0.29) is 36.6 Å². The van der Waals surface area contributed by atoms with Gasteiger partial charge in [-0.05, 0) is 13.3 Å². The number of carbonyl (C=O) groups is 3. The summed E-state index contributed by atoms with van der Waals surface area (Å²) in [6.45, 7) is 5.12. The number of nitrogens with zero attached hydrogens (tertiary/aromatic N) is 1. The van der Waals surface area contributed by atoms with Gasteiger partial charge in [-0.3, -0.25) is 19.3 Å². The minimum Gasteiger partial charge on any atom is -0.383 e. The lowest BCUT2D eigenvalue weighted by Gasteiger charge is -2.21. The Balaban J connectivity index is 2.32. The lowest BCUT2D eigenvalue weighted by molar-refractivity contribution is -0.141. The fourth-order valence-electron chi connectivity index (χ4n) is 2.20. The van der Waals surface area contributed by atoms with E-state index in [0.717, 1.165) is 6.42 Å². The van der Waals surface area contributed by atoms with Crippen LogP contribution in [0.3, 0.4) is 0 Å². The van der Waals surface area contributed by atoms with Crippen molar-refractivity contribution in [1.29, 1.82) is 0 Å². The fourth-order valence-corrected chi connectivity index (χ4v) is 2.20. The van der Waals surface area contributed by atoms with Gasteiger partial charge in [0.05, 0.1) is 19.1 Å². The van der Waals surface area contributed by atoms with E-state index in [2.05, 4.69) is 10.6 Å². The van der Waals surface area contributed by atoms with Gasteiger partial charge >= 0.3 is 0 Å². The second kappa shape index (κ2) is 8.74. The van der Waals surface area contributed by atoms with Gasteiger partial charge in [-0.2, -0.15) is 0 Å². The van der Waals surface area contributed by atoms with Gasteiger partial charge in [-0.25, -0.2) is 0 Å². The number of imide groups is 1. The summed E-state index contributed by atoms with van der Waals surface area (Å²) in [6.07, 6.45) is 1.19. The predicted octanol–water partition coefficient (Wildman–Crippen LogP) is -0.345. The number of hydrogen-bond donors (Lipinski definition) is 2. The maximum atomic E-state index is 12.1. The molecular weight excluding hydrogens is 274 g/mol. The Morgan fingerprint density at radius 3 is 2.76 bits per heavy atom. The first kappa shape index (κ1) is 17.6. The van der Waals surface area contributed by atoms with E-state index in [9.17, 15) is 14.4 Å². The van der Waals surface area contributed by atoms with Crippen LogP contribution in [0.1, 0.15) is 33.1 Å². The van der Waals surface area contributed by atoms with Crippen LogP contribution in [-0.4, -0.2) is 61.5 Å². The van der Waals surface area contributed by atoms with E-state index in [1.807, 2.05) is 13.8 Å². The van der Waals surface area contributed by atoms with Crippen LogP contribution in [0.15, 0.2) is 0 Å². The smallest absolute Gasteiger partial charge is 0.247 e. The summed E-state index contributed by atoms with van der Waals surface area (Å²) in [5.74, 6) is -0.430. The molecular formula is C14H25N3O4. The summed E-state index contributed by atoms with van der Waals surface area (Å²) in [4.78, 5) is 36.8. The van der Waals surface area contributed by atoms with Gasteiger partial charge < -0.3 is 15.4 Å². The lowest BCUT2D eigenvalue weighted by atomic mass is 10.2. The highest BCUT2D eigenvalue weighted by atomic mass is 16.5. The van der Waals surface area contributed by atoms with Gasteiger partial charge in [0.1, 0.15) is 0 Å². The van der Waals surface area contributed by atoms with Gasteiger partial charge in [0.15, 0.2) is 0 Å². The average Bonchev–Trinajstić information content (AvgIpc) is 2.73. The summed E-state index contributed by atoms with van der Waals surface area (Å²) in [7, 11) is 1.57. The molecule has 120 valence electrons. The molecule has 0 aromatic carbocycles. The Morgan fingerprint density at radius 2 is 2.14 bits per heavy atom. The second-order valence-corrected chi connectivity index (χ2v) is 5.16. The van der Waals surface area contributed by atoms with Crippen molar-refractivity contribution in [2.24, 2.45) is 0 Å². The summed E-state index contributed by atoms with van der Waals surface area (Å²) in [5.41, 5.74) is 0. The first-order chi connectivity index (χ1) is 10.0. The van der Waals surface area contributed by atoms with E-state index >= 15 is 0 Å². The molecule has 3 amide bonds. The Morgan fingerprint density at radius 1 is 1.43 bits per heavy atom.